The molecule has 1 aromatic rings. The largest absolute Gasteiger partial charge is 0.490 e. The van der Waals surface area contributed by atoms with Crippen LogP contribution in [-0.4, -0.2) is 12.2 Å². The lowest BCUT2D eigenvalue weighted by Gasteiger charge is -2.27. The minimum atomic E-state index is -0.225. The first kappa shape index (κ1) is 12.7. The van der Waals surface area contributed by atoms with E-state index in [2.05, 4.69) is 32.1 Å². The lowest BCUT2D eigenvalue weighted by Crippen LogP contribution is -2.27. The summed E-state index contributed by atoms with van der Waals surface area (Å²) in [5.74, 6) is 1.79. The van der Waals surface area contributed by atoms with E-state index in [4.69, 9.17) is 9.47 Å². The maximum absolute atomic E-state index is 5.86. The molecule has 1 aliphatic rings. The van der Waals surface area contributed by atoms with E-state index < -0.39 is 0 Å². The van der Waals surface area contributed by atoms with E-state index in [1.807, 2.05) is 32.0 Å². The summed E-state index contributed by atoms with van der Waals surface area (Å²) in [6.07, 6.45) is 6.22. The Morgan fingerprint density at radius 1 is 1.33 bits per heavy atom. The third-order valence-electron chi connectivity index (χ3n) is 2.76. The fourth-order valence-corrected chi connectivity index (χ4v) is 1.75. The average Bonchev–Trinajstić information content (AvgIpc) is 2.28. The van der Waals surface area contributed by atoms with Crippen LogP contribution in [0.15, 0.2) is 35.9 Å². The Balaban J connectivity index is 2.12. The number of allylic oxidation sites excluding steroid dienone is 1. The summed E-state index contributed by atoms with van der Waals surface area (Å²) in [4.78, 5) is 0. The summed E-state index contributed by atoms with van der Waals surface area (Å²) in [7, 11) is 0. The van der Waals surface area contributed by atoms with Crippen LogP contribution in [0.2, 0.25) is 0 Å². The van der Waals surface area contributed by atoms with Gasteiger partial charge in [0.2, 0.25) is 0 Å². The molecule has 0 fully saturated rings. The quantitative estimate of drug-likeness (QED) is 0.741. The van der Waals surface area contributed by atoms with Crippen LogP contribution in [0.3, 0.4) is 0 Å². The van der Waals surface area contributed by atoms with Gasteiger partial charge in [-0.15, -0.1) is 0 Å². The van der Waals surface area contributed by atoms with Crippen molar-refractivity contribution in [2.75, 3.05) is 6.61 Å². The van der Waals surface area contributed by atoms with Crippen LogP contribution < -0.4 is 9.47 Å². The third-order valence-corrected chi connectivity index (χ3v) is 2.76. The Kier molecular flexibility index (Phi) is 3.46. The predicted molar refractivity (Wildman–Crippen MR) is 75.1 cm³/mol. The van der Waals surface area contributed by atoms with Crippen molar-refractivity contribution < 1.29 is 9.47 Å². The Morgan fingerprint density at radius 3 is 2.83 bits per heavy atom. The zero-order valence-corrected chi connectivity index (χ0v) is 11.5. The molecule has 0 atom stereocenters. The number of ether oxygens (including phenoxy) is 2. The monoisotopic (exact) mass is 244 g/mol. The van der Waals surface area contributed by atoms with Crippen LogP contribution in [0.25, 0.3) is 6.08 Å². The fourth-order valence-electron chi connectivity index (χ4n) is 1.75. The molecule has 0 amide bonds. The Bertz CT molecular complexity index is 492. The van der Waals surface area contributed by atoms with E-state index in [9.17, 15) is 0 Å². The minimum absolute atomic E-state index is 0.225. The van der Waals surface area contributed by atoms with Crippen molar-refractivity contribution in [2.24, 2.45) is 0 Å². The minimum Gasteiger partial charge on any atom is -0.490 e. The molecule has 96 valence electrons. The van der Waals surface area contributed by atoms with Crippen molar-refractivity contribution in [1.29, 1.82) is 0 Å². The molecule has 0 radical (unpaired) electrons. The molecule has 0 spiro atoms. The number of fused-ring (bicyclic) bond motifs is 1. The normalized spacial score (nSPS) is 15.6. The molecule has 0 aromatic heterocycles. The molecule has 18 heavy (non-hydrogen) atoms. The second-order valence-corrected chi connectivity index (χ2v) is 5.33. The first-order valence-corrected chi connectivity index (χ1v) is 6.25. The molecule has 2 rings (SSSR count). The average molecular weight is 244 g/mol. The van der Waals surface area contributed by atoms with Crippen LogP contribution in [0, 0.1) is 0 Å². The van der Waals surface area contributed by atoms with Gasteiger partial charge in [-0.2, -0.15) is 0 Å². The molecular weight excluding hydrogens is 224 g/mol. The van der Waals surface area contributed by atoms with E-state index in [-0.39, 0.29) is 5.60 Å². The Hall–Kier alpha value is -1.70. The molecule has 0 saturated carbocycles. The summed E-state index contributed by atoms with van der Waals surface area (Å²) >= 11 is 0. The molecule has 2 heteroatoms. The summed E-state index contributed by atoms with van der Waals surface area (Å²) in [6.45, 7) is 8.83. The standard InChI is InChI=1S/C16H20O2/c1-12(2)8-10-17-14-5-6-15-13(11-14)7-9-16(3,4)18-15/h5-9,11H,10H2,1-4H3. The van der Waals surface area contributed by atoms with Crippen LogP contribution in [0.1, 0.15) is 33.3 Å². The first-order chi connectivity index (χ1) is 8.46. The molecule has 1 aliphatic heterocycles. The number of hydrogen-bond acceptors (Lipinski definition) is 2. The molecule has 0 saturated heterocycles. The molecule has 0 aliphatic carbocycles. The van der Waals surface area contributed by atoms with Crippen molar-refractivity contribution in [3.8, 4) is 11.5 Å². The summed E-state index contributed by atoms with van der Waals surface area (Å²) in [5, 5.41) is 0. The van der Waals surface area contributed by atoms with Gasteiger partial charge in [0.05, 0.1) is 0 Å². The number of hydrogen-bond donors (Lipinski definition) is 0. The lowest BCUT2D eigenvalue weighted by atomic mass is 10.0. The van der Waals surface area contributed by atoms with E-state index in [1.165, 1.54) is 5.57 Å². The zero-order chi connectivity index (χ0) is 13.2. The van der Waals surface area contributed by atoms with Crippen molar-refractivity contribution >= 4 is 6.08 Å². The molecule has 0 unspecified atom stereocenters. The highest BCUT2D eigenvalue weighted by Crippen LogP contribution is 2.33. The predicted octanol–water partition coefficient (Wildman–Crippen LogP) is 4.22. The summed E-state index contributed by atoms with van der Waals surface area (Å²) in [5.41, 5.74) is 2.11. The van der Waals surface area contributed by atoms with Gasteiger partial charge in [-0.1, -0.05) is 11.6 Å². The summed E-state index contributed by atoms with van der Waals surface area (Å²) in [6, 6.07) is 5.94. The van der Waals surface area contributed by atoms with E-state index >= 15 is 0 Å². The topological polar surface area (TPSA) is 18.5 Å². The molecule has 0 N–H and O–H groups in total. The van der Waals surface area contributed by atoms with Gasteiger partial charge >= 0.3 is 0 Å². The third kappa shape index (κ3) is 3.16. The van der Waals surface area contributed by atoms with Gasteiger partial charge in [-0.05, 0) is 58.0 Å². The van der Waals surface area contributed by atoms with Crippen molar-refractivity contribution in [3.63, 3.8) is 0 Å². The van der Waals surface area contributed by atoms with Gasteiger partial charge in [0.15, 0.2) is 0 Å². The smallest absolute Gasteiger partial charge is 0.128 e. The van der Waals surface area contributed by atoms with Crippen LogP contribution in [0.5, 0.6) is 11.5 Å². The van der Waals surface area contributed by atoms with Gasteiger partial charge in [-0.3, -0.25) is 0 Å². The van der Waals surface area contributed by atoms with Gasteiger partial charge < -0.3 is 9.47 Å². The zero-order valence-electron chi connectivity index (χ0n) is 11.5. The number of benzene rings is 1. The van der Waals surface area contributed by atoms with Gasteiger partial charge in [-0.25, -0.2) is 0 Å². The maximum atomic E-state index is 5.86. The lowest BCUT2D eigenvalue weighted by molar-refractivity contribution is 0.159. The molecule has 0 bridgehead atoms. The van der Waals surface area contributed by atoms with Crippen molar-refractivity contribution in [3.05, 3.63) is 41.5 Å². The molecule has 1 aromatic carbocycles. The van der Waals surface area contributed by atoms with Crippen molar-refractivity contribution in [2.45, 2.75) is 33.3 Å². The maximum Gasteiger partial charge on any atom is 0.128 e. The Morgan fingerprint density at radius 2 is 2.11 bits per heavy atom. The molecular formula is C16H20O2. The second-order valence-electron chi connectivity index (χ2n) is 5.33. The van der Waals surface area contributed by atoms with Gasteiger partial charge in [0.1, 0.15) is 23.7 Å². The van der Waals surface area contributed by atoms with Crippen LogP contribution in [-0.2, 0) is 0 Å². The van der Waals surface area contributed by atoms with E-state index in [1.54, 1.807) is 0 Å². The number of rotatable bonds is 3. The van der Waals surface area contributed by atoms with Crippen LogP contribution in [0.4, 0.5) is 0 Å². The molecule has 2 nitrogen and oxygen atoms in total. The SMILES string of the molecule is CC(C)=CCOc1ccc2c(c1)C=CC(C)(C)O2. The van der Waals surface area contributed by atoms with Crippen molar-refractivity contribution in [1.82, 2.24) is 0 Å². The highest BCUT2D eigenvalue weighted by molar-refractivity contribution is 5.62. The fraction of sp³-hybridized carbons (Fsp3) is 0.375. The molecule has 1 heterocycles. The van der Waals surface area contributed by atoms with Gasteiger partial charge in [0, 0.05) is 5.56 Å². The van der Waals surface area contributed by atoms with Gasteiger partial charge in [0.25, 0.3) is 0 Å². The second kappa shape index (κ2) is 4.89. The Labute approximate surface area is 109 Å². The van der Waals surface area contributed by atoms with E-state index in [0.29, 0.717) is 6.61 Å². The van der Waals surface area contributed by atoms with Crippen LogP contribution >= 0.6 is 0 Å². The highest BCUT2D eigenvalue weighted by Gasteiger charge is 2.21. The summed E-state index contributed by atoms with van der Waals surface area (Å²) < 4.78 is 11.5. The first-order valence-electron chi connectivity index (χ1n) is 6.25. The van der Waals surface area contributed by atoms with E-state index in [0.717, 1.165) is 17.1 Å². The highest BCUT2D eigenvalue weighted by atomic mass is 16.5.